The van der Waals surface area contributed by atoms with E-state index in [0.717, 1.165) is 30.6 Å². The van der Waals surface area contributed by atoms with Crippen molar-refractivity contribution < 1.29 is 18.7 Å². The lowest BCUT2D eigenvalue weighted by molar-refractivity contribution is -0.714. The Balaban J connectivity index is 1.55. The van der Waals surface area contributed by atoms with Crippen molar-refractivity contribution in [2.75, 3.05) is 37.6 Å². The minimum Gasteiger partial charge on any atom is -0.628 e. The van der Waals surface area contributed by atoms with Gasteiger partial charge in [-0.1, -0.05) is 0 Å². The van der Waals surface area contributed by atoms with Gasteiger partial charge in [-0.15, -0.1) is 0 Å². The molecule has 1 saturated heterocycles. The molecule has 1 aromatic carbocycles. The van der Waals surface area contributed by atoms with Crippen LogP contribution >= 0.6 is 0 Å². The third-order valence-corrected chi connectivity index (χ3v) is 5.83. The molecule has 0 amide bonds. The maximum atomic E-state index is 12.5. The van der Waals surface area contributed by atoms with Gasteiger partial charge in [-0.25, -0.2) is 8.78 Å². The number of rotatable bonds is 5. The topological polar surface area (TPSA) is 66.3 Å². The van der Waals surface area contributed by atoms with Crippen LogP contribution in [0.3, 0.4) is 0 Å². The first-order chi connectivity index (χ1) is 12.4. The van der Waals surface area contributed by atoms with Crippen LogP contribution in [0.1, 0.15) is 25.3 Å². The van der Waals surface area contributed by atoms with Crippen LogP contribution in [0.4, 0.5) is 20.2 Å². The van der Waals surface area contributed by atoms with Crippen LogP contribution < -0.4 is 14.9 Å². The Morgan fingerprint density at radius 1 is 1.23 bits per heavy atom. The minimum absolute atomic E-state index is 0.162. The van der Waals surface area contributed by atoms with Gasteiger partial charge in [0.15, 0.2) is 5.69 Å². The van der Waals surface area contributed by atoms with Crippen LogP contribution in [0, 0.1) is 16.3 Å². The van der Waals surface area contributed by atoms with Crippen LogP contribution in [0.25, 0.3) is 0 Å². The monoisotopic (exact) mass is 368 g/mol. The van der Waals surface area contributed by atoms with E-state index in [0.29, 0.717) is 37.8 Å². The molecule has 2 fully saturated rings. The van der Waals surface area contributed by atoms with E-state index in [-0.39, 0.29) is 17.8 Å². The van der Waals surface area contributed by atoms with E-state index in [4.69, 9.17) is 4.74 Å². The van der Waals surface area contributed by atoms with Gasteiger partial charge >= 0.3 is 0 Å². The Morgan fingerprint density at radius 3 is 2.50 bits per heavy atom. The first kappa shape index (κ1) is 17.9. The number of hydrogen-bond acceptors (Lipinski definition) is 5. The number of benzene rings is 1. The first-order valence-electron chi connectivity index (χ1n) is 9.18. The van der Waals surface area contributed by atoms with Crippen LogP contribution in [0.15, 0.2) is 12.1 Å². The highest BCUT2D eigenvalue weighted by Crippen LogP contribution is 2.50. The summed E-state index contributed by atoms with van der Waals surface area (Å²) in [4.78, 5) is 3.64. The maximum absolute atomic E-state index is 12.5. The van der Waals surface area contributed by atoms with Gasteiger partial charge in [0.25, 0.3) is 6.43 Å². The van der Waals surface area contributed by atoms with Crippen LogP contribution in [-0.4, -0.2) is 49.7 Å². The lowest BCUT2D eigenvalue weighted by Crippen LogP contribution is -2.96. The summed E-state index contributed by atoms with van der Waals surface area (Å²) in [5, 5.41) is 22.2. The lowest BCUT2D eigenvalue weighted by atomic mass is 9.94. The van der Waals surface area contributed by atoms with Gasteiger partial charge in [-0.3, -0.25) is 4.90 Å². The van der Waals surface area contributed by atoms with E-state index in [2.05, 4.69) is 6.92 Å². The van der Waals surface area contributed by atoms with Gasteiger partial charge in [-0.05, 0) is 25.7 Å². The molecule has 0 bridgehead atoms. The summed E-state index contributed by atoms with van der Waals surface area (Å²) in [5.74, 6) is 1.28. The Morgan fingerprint density at radius 2 is 1.92 bits per heavy atom. The molecule has 1 N–H and O–H groups in total. The van der Waals surface area contributed by atoms with Gasteiger partial charge in [0.2, 0.25) is 0 Å². The van der Waals surface area contributed by atoms with Gasteiger partial charge in [0.05, 0.1) is 6.54 Å². The molecule has 1 unspecified atom stereocenters. The lowest BCUT2D eigenvalue weighted by Gasteiger charge is -2.38. The zero-order valence-electron chi connectivity index (χ0n) is 14.8. The molecule has 0 spiro atoms. The van der Waals surface area contributed by atoms with E-state index in [9.17, 15) is 19.2 Å². The molecular formula is C18H24F2N3O3-. The van der Waals surface area contributed by atoms with Crippen molar-refractivity contribution in [3.8, 4) is 5.75 Å². The molecule has 4 rings (SSSR count). The predicted molar refractivity (Wildman–Crippen MR) is 93.9 cm³/mol. The van der Waals surface area contributed by atoms with Crippen molar-refractivity contribution in [2.45, 2.75) is 38.2 Å². The second-order valence-electron chi connectivity index (χ2n) is 7.81. The molecule has 2 aliphatic heterocycles. The summed E-state index contributed by atoms with van der Waals surface area (Å²) in [5.41, 5.74) is 1.40. The SMILES string of the molecule is CC1(C2CC2)Cc2cc([NH+]([O-])[O-])c(N3CCN(CC(F)F)CC3)cc2O1. The maximum Gasteiger partial charge on any atom is 0.251 e. The van der Waals surface area contributed by atoms with Gasteiger partial charge in [-0.2, -0.15) is 0 Å². The molecule has 1 aromatic rings. The Hall–Kier alpha value is -1.48. The van der Waals surface area contributed by atoms with Crippen LogP contribution in [0.5, 0.6) is 5.75 Å². The molecule has 26 heavy (non-hydrogen) atoms. The Bertz CT molecular complexity index is 676. The molecule has 6 nitrogen and oxygen atoms in total. The number of piperazine rings is 1. The number of quaternary nitrogens is 1. The Labute approximate surface area is 151 Å². The van der Waals surface area contributed by atoms with E-state index in [1.165, 1.54) is 0 Å². The number of alkyl halides is 2. The summed E-state index contributed by atoms with van der Waals surface area (Å²) in [6.45, 7) is 3.82. The number of fused-ring (bicyclic) bond motifs is 1. The van der Waals surface area contributed by atoms with Gasteiger partial charge in [0, 0.05) is 50.3 Å². The highest BCUT2D eigenvalue weighted by Gasteiger charge is 2.48. The number of hydrogen-bond donors (Lipinski definition) is 1. The minimum atomic E-state index is -2.35. The van der Waals surface area contributed by atoms with E-state index >= 15 is 0 Å². The van der Waals surface area contributed by atoms with Crippen LogP contribution in [-0.2, 0) is 6.42 Å². The van der Waals surface area contributed by atoms with Gasteiger partial charge < -0.3 is 25.3 Å². The van der Waals surface area contributed by atoms with E-state index in [1.54, 1.807) is 17.0 Å². The molecule has 1 atom stereocenters. The summed E-state index contributed by atoms with van der Waals surface area (Å²) in [6, 6.07) is 3.48. The van der Waals surface area contributed by atoms with Crippen LogP contribution in [0.2, 0.25) is 0 Å². The fraction of sp³-hybridized carbons (Fsp3) is 0.667. The van der Waals surface area contributed by atoms with Crippen molar-refractivity contribution in [3.05, 3.63) is 28.1 Å². The number of nitrogens with zero attached hydrogens (tertiary/aromatic N) is 2. The van der Waals surface area contributed by atoms with Gasteiger partial charge in [0.1, 0.15) is 17.0 Å². The largest absolute Gasteiger partial charge is 0.628 e. The van der Waals surface area contributed by atoms with Crippen molar-refractivity contribution in [1.82, 2.24) is 4.90 Å². The number of nitrogens with one attached hydrogen (secondary N) is 1. The summed E-state index contributed by atoms with van der Waals surface area (Å²) in [6.07, 6.45) is 0.664. The highest BCUT2D eigenvalue weighted by molar-refractivity contribution is 5.69. The summed E-state index contributed by atoms with van der Waals surface area (Å²) >= 11 is 0. The molecule has 144 valence electrons. The smallest absolute Gasteiger partial charge is 0.251 e. The second kappa shape index (κ2) is 6.60. The highest BCUT2D eigenvalue weighted by atomic mass is 19.3. The standard InChI is InChI=1S/C18H24F2N3O3/c1-18(13-2-3-13)10-12-8-15(23(24)25)14(9-16(12)26-18)22-6-4-21(5-7-22)11-17(19)20/h8-9,13,17,23H,2-7,10-11H2,1H3/q-1. The van der Waals surface area contributed by atoms with Crippen molar-refractivity contribution >= 4 is 11.4 Å². The molecule has 0 aromatic heterocycles. The summed E-state index contributed by atoms with van der Waals surface area (Å²) in [7, 11) is 0. The second-order valence-corrected chi connectivity index (χ2v) is 7.81. The van der Waals surface area contributed by atoms with Crippen molar-refractivity contribution in [1.29, 1.82) is 0 Å². The number of anilines is 1. The van der Waals surface area contributed by atoms with Crippen molar-refractivity contribution in [3.63, 3.8) is 0 Å². The quantitative estimate of drug-likeness (QED) is 0.802. The zero-order valence-corrected chi connectivity index (χ0v) is 14.8. The fourth-order valence-electron chi connectivity index (χ4n) is 4.23. The molecule has 0 radical (unpaired) electrons. The van der Waals surface area contributed by atoms with E-state index in [1.807, 2.05) is 4.90 Å². The molecule has 1 aliphatic carbocycles. The number of ether oxygens (including phenoxy) is 1. The molecule has 8 heteroatoms. The molecule has 3 aliphatic rings. The normalized spacial score (nSPS) is 26.5. The molecular weight excluding hydrogens is 344 g/mol. The molecule has 1 saturated carbocycles. The van der Waals surface area contributed by atoms with E-state index < -0.39 is 11.7 Å². The third-order valence-electron chi connectivity index (χ3n) is 5.83. The fourth-order valence-corrected chi connectivity index (χ4v) is 4.23. The predicted octanol–water partition coefficient (Wildman–Crippen LogP) is 1.69. The summed E-state index contributed by atoms with van der Waals surface area (Å²) < 4.78 is 31.3. The zero-order chi connectivity index (χ0) is 18.5. The third kappa shape index (κ3) is 3.38. The average molecular weight is 368 g/mol. The average Bonchev–Trinajstić information content (AvgIpc) is 3.37. The molecule has 2 heterocycles. The first-order valence-corrected chi connectivity index (χ1v) is 9.18. The van der Waals surface area contributed by atoms with Crippen molar-refractivity contribution in [2.24, 2.45) is 5.92 Å². The Kier molecular flexibility index (Phi) is 4.54. The number of halogens is 2.